The van der Waals surface area contributed by atoms with Crippen molar-refractivity contribution in [2.45, 2.75) is 58.9 Å². The fraction of sp³-hybridized carbons (Fsp3) is 0.357. The first-order valence-electron chi connectivity index (χ1n) is 12.4. The van der Waals surface area contributed by atoms with Crippen LogP contribution < -0.4 is 16.4 Å². The molecular formula is C28H33N5O2. The van der Waals surface area contributed by atoms with Gasteiger partial charge in [-0.2, -0.15) is 0 Å². The Morgan fingerprint density at radius 1 is 1.03 bits per heavy atom. The standard InChI is InChI=1S/C28H33N5O2/c1-3-4-5-6-7-9-16-30-27(34)22-18-23-26(31-24-11-8-10-17-32(24)28(23)35)33(25(22)29)19-21-14-12-20(2)13-15-21/h8,10-15,17-18,29H,3-7,9,16,19H2,1-2H3,(H,30,34). The first kappa shape index (κ1) is 24.4. The molecule has 0 fully saturated rings. The molecule has 182 valence electrons. The molecule has 0 spiro atoms. The molecule has 0 saturated heterocycles. The number of unbranched alkanes of at least 4 members (excludes halogenated alkanes) is 5. The van der Waals surface area contributed by atoms with Crippen molar-refractivity contribution in [3.63, 3.8) is 0 Å². The Morgan fingerprint density at radius 3 is 2.54 bits per heavy atom. The number of aromatic nitrogens is 3. The Labute approximate surface area is 205 Å². The Morgan fingerprint density at radius 2 is 1.77 bits per heavy atom. The van der Waals surface area contributed by atoms with Gasteiger partial charge in [0.25, 0.3) is 11.5 Å². The molecule has 0 atom stereocenters. The van der Waals surface area contributed by atoms with Crippen molar-refractivity contribution in [1.82, 2.24) is 19.3 Å². The molecule has 0 aliphatic heterocycles. The van der Waals surface area contributed by atoms with Crippen LogP contribution in [0.5, 0.6) is 0 Å². The van der Waals surface area contributed by atoms with Gasteiger partial charge >= 0.3 is 0 Å². The Balaban J connectivity index is 1.71. The number of benzene rings is 1. The topological polar surface area (TPSA) is 92.2 Å². The molecule has 0 unspecified atom stereocenters. The van der Waals surface area contributed by atoms with Crippen molar-refractivity contribution in [2.24, 2.45) is 0 Å². The van der Waals surface area contributed by atoms with Crippen molar-refractivity contribution in [2.75, 3.05) is 6.54 Å². The highest BCUT2D eigenvalue weighted by molar-refractivity contribution is 5.96. The maximum atomic E-state index is 13.3. The van der Waals surface area contributed by atoms with Gasteiger partial charge in [0.05, 0.1) is 17.5 Å². The molecular weight excluding hydrogens is 438 g/mol. The van der Waals surface area contributed by atoms with E-state index >= 15 is 0 Å². The summed E-state index contributed by atoms with van der Waals surface area (Å²) in [6.45, 7) is 5.10. The number of fused-ring (bicyclic) bond motifs is 2. The highest BCUT2D eigenvalue weighted by atomic mass is 16.1. The average Bonchev–Trinajstić information content (AvgIpc) is 2.86. The number of amides is 1. The van der Waals surface area contributed by atoms with E-state index in [1.807, 2.05) is 37.3 Å². The van der Waals surface area contributed by atoms with Gasteiger partial charge < -0.3 is 9.88 Å². The largest absolute Gasteiger partial charge is 0.352 e. The maximum absolute atomic E-state index is 13.3. The maximum Gasteiger partial charge on any atom is 0.267 e. The normalized spacial score (nSPS) is 11.3. The minimum absolute atomic E-state index is 0.0469. The van der Waals surface area contributed by atoms with Gasteiger partial charge in [0, 0.05) is 12.7 Å². The van der Waals surface area contributed by atoms with Crippen LogP contribution in [0.3, 0.4) is 0 Å². The molecule has 4 aromatic rings. The van der Waals surface area contributed by atoms with E-state index in [-0.39, 0.29) is 22.5 Å². The molecule has 7 nitrogen and oxygen atoms in total. The second-order valence-electron chi connectivity index (χ2n) is 9.09. The van der Waals surface area contributed by atoms with Crippen LogP contribution >= 0.6 is 0 Å². The van der Waals surface area contributed by atoms with E-state index in [0.29, 0.717) is 29.8 Å². The highest BCUT2D eigenvalue weighted by Crippen LogP contribution is 2.13. The first-order chi connectivity index (χ1) is 17.0. The van der Waals surface area contributed by atoms with E-state index in [2.05, 4.69) is 12.2 Å². The summed E-state index contributed by atoms with van der Waals surface area (Å²) in [5, 5.41) is 12.1. The van der Waals surface area contributed by atoms with Gasteiger partial charge in [0.15, 0.2) is 0 Å². The smallest absolute Gasteiger partial charge is 0.267 e. The lowest BCUT2D eigenvalue weighted by Crippen LogP contribution is -2.35. The first-order valence-corrected chi connectivity index (χ1v) is 12.4. The van der Waals surface area contributed by atoms with Crippen LogP contribution in [-0.2, 0) is 6.54 Å². The molecule has 0 saturated carbocycles. The molecule has 3 aromatic heterocycles. The number of carbonyl (C=O) groups is 1. The minimum Gasteiger partial charge on any atom is -0.352 e. The third-order valence-corrected chi connectivity index (χ3v) is 6.34. The lowest BCUT2D eigenvalue weighted by atomic mass is 10.1. The minimum atomic E-state index is -0.333. The zero-order chi connectivity index (χ0) is 24.8. The number of nitrogens with zero attached hydrogens (tertiary/aromatic N) is 3. The van der Waals surface area contributed by atoms with Crippen molar-refractivity contribution >= 4 is 22.6 Å². The van der Waals surface area contributed by atoms with Gasteiger partial charge in [-0.3, -0.25) is 19.4 Å². The van der Waals surface area contributed by atoms with Gasteiger partial charge in [0.1, 0.15) is 16.8 Å². The van der Waals surface area contributed by atoms with Crippen LogP contribution in [0.2, 0.25) is 0 Å². The summed E-state index contributed by atoms with van der Waals surface area (Å²) in [4.78, 5) is 31.1. The Bertz CT molecular complexity index is 1450. The van der Waals surface area contributed by atoms with Gasteiger partial charge in [-0.15, -0.1) is 0 Å². The van der Waals surface area contributed by atoms with Crippen molar-refractivity contribution < 1.29 is 4.79 Å². The summed E-state index contributed by atoms with van der Waals surface area (Å²) >= 11 is 0. The molecule has 0 aliphatic rings. The number of rotatable bonds is 10. The molecule has 0 radical (unpaired) electrons. The molecule has 7 heteroatoms. The van der Waals surface area contributed by atoms with E-state index in [1.54, 1.807) is 22.9 Å². The summed E-state index contributed by atoms with van der Waals surface area (Å²) in [5.41, 5.74) is 2.99. The summed E-state index contributed by atoms with van der Waals surface area (Å²) in [6, 6.07) is 14.9. The number of nitrogens with one attached hydrogen (secondary N) is 2. The molecule has 35 heavy (non-hydrogen) atoms. The number of carbonyl (C=O) groups excluding carboxylic acids is 1. The van der Waals surface area contributed by atoms with E-state index in [1.165, 1.54) is 29.7 Å². The van der Waals surface area contributed by atoms with Gasteiger partial charge in [-0.1, -0.05) is 74.9 Å². The van der Waals surface area contributed by atoms with Gasteiger partial charge in [0.2, 0.25) is 0 Å². The number of hydrogen-bond donors (Lipinski definition) is 2. The SMILES string of the molecule is CCCCCCCCNC(=O)c1cc2c(=O)n3ccccc3nc2n(Cc2ccc(C)cc2)c1=N. The summed E-state index contributed by atoms with van der Waals surface area (Å²) in [5.74, 6) is -0.333. The Kier molecular flexibility index (Phi) is 7.75. The second-order valence-corrected chi connectivity index (χ2v) is 9.09. The number of hydrogen-bond acceptors (Lipinski definition) is 4. The highest BCUT2D eigenvalue weighted by Gasteiger charge is 2.17. The lowest BCUT2D eigenvalue weighted by Gasteiger charge is -2.15. The van der Waals surface area contributed by atoms with Crippen LogP contribution in [0.25, 0.3) is 16.7 Å². The second kappa shape index (κ2) is 11.1. The van der Waals surface area contributed by atoms with E-state index in [4.69, 9.17) is 10.4 Å². The average molecular weight is 472 g/mol. The number of pyridine rings is 2. The van der Waals surface area contributed by atoms with Crippen molar-refractivity contribution in [1.29, 1.82) is 5.41 Å². The summed E-state index contributed by atoms with van der Waals surface area (Å²) in [6.07, 6.45) is 8.46. The van der Waals surface area contributed by atoms with Crippen LogP contribution in [0, 0.1) is 12.3 Å². The third-order valence-electron chi connectivity index (χ3n) is 6.34. The van der Waals surface area contributed by atoms with Gasteiger partial charge in [-0.05, 0) is 37.1 Å². The molecule has 3 heterocycles. The van der Waals surface area contributed by atoms with Gasteiger partial charge in [-0.25, -0.2) is 4.98 Å². The Hall–Kier alpha value is -3.74. The quantitative estimate of drug-likeness (QED) is 0.262. The van der Waals surface area contributed by atoms with Crippen LogP contribution in [0.4, 0.5) is 0 Å². The molecule has 2 N–H and O–H groups in total. The van der Waals surface area contributed by atoms with E-state index in [9.17, 15) is 9.59 Å². The molecule has 0 aliphatic carbocycles. The lowest BCUT2D eigenvalue weighted by molar-refractivity contribution is 0.0950. The molecule has 1 amide bonds. The summed E-state index contributed by atoms with van der Waals surface area (Å²) < 4.78 is 3.13. The van der Waals surface area contributed by atoms with Crippen LogP contribution in [-0.4, -0.2) is 26.4 Å². The molecule has 1 aromatic carbocycles. The number of aryl methyl sites for hydroxylation is 1. The third kappa shape index (κ3) is 5.50. The zero-order valence-electron chi connectivity index (χ0n) is 20.5. The van der Waals surface area contributed by atoms with Crippen molar-refractivity contribution in [3.8, 4) is 0 Å². The monoisotopic (exact) mass is 471 g/mol. The molecule has 4 rings (SSSR count). The summed E-state index contributed by atoms with van der Waals surface area (Å²) in [7, 11) is 0. The van der Waals surface area contributed by atoms with E-state index in [0.717, 1.165) is 30.4 Å². The van der Waals surface area contributed by atoms with Crippen LogP contribution in [0.1, 0.15) is 66.9 Å². The van der Waals surface area contributed by atoms with Crippen molar-refractivity contribution in [3.05, 3.63) is 87.3 Å². The molecule has 0 bridgehead atoms. The fourth-order valence-electron chi connectivity index (χ4n) is 4.29. The predicted molar refractivity (Wildman–Crippen MR) is 139 cm³/mol. The van der Waals surface area contributed by atoms with Crippen LogP contribution in [0.15, 0.2) is 59.5 Å². The van der Waals surface area contributed by atoms with E-state index < -0.39 is 0 Å². The fourth-order valence-corrected chi connectivity index (χ4v) is 4.29. The predicted octanol–water partition coefficient (Wildman–Crippen LogP) is 4.58. The zero-order valence-corrected chi connectivity index (χ0v) is 20.5.